The quantitative estimate of drug-likeness (QED) is 0.509. The summed E-state index contributed by atoms with van der Waals surface area (Å²) in [7, 11) is 0. The number of nitrogens with zero attached hydrogens (tertiary/aromatic N) is 3. The molecule has 1 amide bonds. The number of rotatable bonds is 4. The van der Waals surface area contributed by atoms with Crippen molar-refractivity contribution in [2.75, 3.05) is 6.54 Å². The van der Waals surface area contributed by atoms with Gasteiger partial charge in [-0.15, -0.1) is 0 Å². The number of nitro groups is 1. The van der Waals surface area contributed by atoms with Gasteiger partial charge in [0.15, 0.2) is 0 Å². The Bertz CT molecular complexity index is 1040. The van der Waals surface area contributed by atoms with Crippen molar-refractivity contribution in [3.8, 4) is 11.6 Å². The molecule has 140 valence electrons. The van der Waals surface area contributed by atoms with Crippen LogP contribution in [0.3, 0.4) is 0 Å². The molecular weight excluding hydrogens is 358 g/mol. The lowest BCUT2D eigenvalue weighted by Crippen LogP contribution is -2.36. The largest absolute Gasteiger partial charge is 0.433 e. The average molecular weight is 375 g/mol. The Balaban J connectivity index is 1.59. The van der Waals surface area contributed by atoms with Gasteiger partial charge in [0.25, 0.3) is 11.8 Å². The number of carbonyl (C=O) groups excluding carboxylic acids is 1. The summed E-state index contributed by atoms with van der Waals surface area (Å²) in [6.07, 6.45) is 2.06. The second-order valence-corrected chi connectivity index (χ2v) is 6.42. The zero-order valence-electron chi connectivity index (χ0n) is 14.9. The van der Waals surface area contributed by atoms with Crippen LogP contribution < -0.4 is 4.74 Å². The molecular formula is C21H17N3O4. The van der Waals surface area contributed by atoms with Crippen LogP contribution in [0.1, 0.15) is 21.5 Å². The first-order valence-corrected chi connectivity index (χ1v) is 8.86. The van der Waals surface area contributed by atoms with Crippen molar-refractivity contribution in [2.45, 2.75) is 13.0 Å². The fourth-order valence-corrected chi connectivity index (χ4v) is 3.31. The number of ether oxygens (including phenoxy) is 1. The van der Waals surface area contributed by atoms with Crippen molar-refractivity contribution >= 4 is 11.6 Å². The lowest BCUT2D eigenvalue weighted by atomic mass is 9.98. The van der Waals surface area contributed by atoms with Crippen LogP contribution in [-0.4, -0.2) is 27.3 Å². The van der Waals surface area contributed by atoms with Gasteiger partial charge in [-0.1, -0.05) is 30.3 Å². The Kier molecular flexibility index (Phi) is 4.72. The fraction of sp³-hybridized carbons (Fsp3) is 0.143. The van der Waals surface area contributed by atoms with Crippen LogP contribution in [0.2, 0.25) is 0 Å². The molecule has 0 bridgehead atoms. The molecule has 0 N–H and O–H groups in total. The second kappa shape index (κ2) is 7.48. The van der Waals surface area contributed by atoms with Crippen LogP contribution in [0.25, 0.3) is 0 Å². The number of pyridine rings is 1. The molecule has 1 aromatic heterocycles. The first-order valence-electron chi connectivity index (χ1n) is 8.86. The van der Waals surface area contributed by atoms with Crippen LogP contribution in [-0.2, 0) is 13.0 Å². The highest BCUT2D eigenvalue weighted by Gasteiger charge is 2.25. The molecule has 4 rings (SSSR count). The summed E-state index contributed by atoms with van der Waals surface area (Å²) >= 11 is 0. The summed E-state index contributed by atoms with van der Waals surface area (Å²) in [6.45, 7) is 1.01. The van der Waals surface area contributed by atoms with E-state index in [9.17, 15) is 14.9 Å². The van der Waals surface area contributed by atoms with E-state index in [2.05, 4.69) is 4.98 Å². The van der Waals surface area contributed by atoms with Crippen molar-refractivity contribution in [1.29, 1.82) is 0 Å². The number of hydrogen-bond donors (Lipinski definition) is 0. The first kappa shape index (κ1) is 17.7. The number of hydrogen-bond acceptors (Lipinski definition) is 5. The minimum atomic E-state index is -0.516. The number of carbonyl (C=O) groups is 1. The molecule has 0 spiro atoms. The molecule has 0 radical (unpaired) electrons. The van der Waals surface area contributed by atoms with E-state index in [1.54, 1.807) is 23.1 Å². The third-order valence-electron chi connectivity index (χ3n) is 4.69. The van der Waals surface area contributed by atoms with Gasteiger partial charge in [-0.3, -0.25) is 14.9 Å². The van der Waals surface area contributed by atoms with Crippen molar-refractivity contribution in [1.82, 2.24) is 9.88 Å². The molecule has 2 heterocycles. The molecule has 7 heteroatoms. The summed E-state index contributed by atoms with van der Waals surface area (Å²) in [4.78, 5) is 29.2. The molecule has 0 unspecified atom stereocenters. The van der Waals surface area contributed by atoms with Crippen LogP contribution in [0.15, 0.2) is 66.9 Å². The minimum Gasteiger partial charge on any atom is -0.433 e. The van der Waals surface area contributed by atoms with E-state index in [0.717, 1.165) is 11.1 Å². The van der Waals surface area contributed by atoms with Gasteiger partial charge >= 0.3 is 5.69 Å². The number of amides is 1. The zero-order valence-corrected chi connectivity index (χ0v) is 14.9. The molecule has 1 aliphatic heterocycles. The van der Waals surface area contributed by atoms with Crippen molar-refractivity contribution in [3.63, 3.8) is 0 Å². The predicted molar refractivity (Wildman–Crippen MR) is 102 cm³/mol. The zero-order chi connectivity index (χ0) is 19.5. The molecule has 0 fully saturated rings. The fourth-order valence-electron chi connectivity index (χ4n) is 3.31. The molecule has 0 saturated carbocycles. The second-order valence-electron chi connectivity index (χ2n) is 6.42. The lowest BCUT2D eigenvalue weighted by Gasteiger charge is -2.30. The third-order valence-corrected chi connectivity index (χ3v) is 4.69. The number of aromatic nitrogens is 1. The summed E-state index contributed by atoms with van der Waals surface area (Å²) in [6, 6.07) is 17.6. The van der Waals surface area contributed by atoms with Crippen molar-refractivity contribution < 1.29 is 14.5 Å². The van der Waals surface area contributed by atoms with Crippen LogP contribution in [0, 0.1) is 10.1 Å². The highest BCUT2D eigenvalue weighted by molar-refractivity contribution is 5.94. The third kappa shape index (κ3) is 3.42. The van der Waals surface area contributed by atoms with E-state index in [4.69, 9.17) is 4.74 Å². The molecule has 0 atom stereocenters. The molecule has 2 aromatic carbocycles. The van der Waals surface area contributed by atoms with Crippen LogP contribution in [0.5, 0.6) is 11.6 Å². The maximum atomic E-state index is 12.7. The van der Waals surface area contributed by atoms with E-state index >= 15 is 0 Å². The van der Waals surface area contributed by atoms with Crippen molar-refractivity contribution in [2.24, 2.45) is 0 Å². The lowest BCUT2D eigenvalue weighted by molar-refractivity contribution is -0.386. The molecule has 0 aliphatic carbocycles. The Morgan fingerprint density at radius 2 is 1.89 bits per heavy atom. The summed E-state index contributed by atoms with van der Waals surface area (Å²) in [5, 5.41) is 11.2. The van der Waals surface area contributed by atoms with Gasteiger partial charge in [-0.05, 0) is 36.2 Å². The minimum absolute atomic E-state index is 0.0158. The van der Waals surface area contributed by atoms with Gasteiger partial charge in [0.1, 0.15) is 5.75 Å². The monoisotopic (exact) mass is 375 g/mol. The first-order chi connectivity index (χ1) is 13.6. The standard InChI is InChI=1S/C21H17N3O4/c25-21(15-6-2-1-3-7-15)23-13-11-17-16(14-23)8-4-10-19(17)28-20-18(24(26)27)9-5-12-22-20/h1-10,12H,11,13-14H2. The average Bonchev–Trinajstić information content (AvgIpc) is 2.74. The highest BCUT2D eigenvalue weighted by Crippen LogP contribution is 2.34. The Hall–Kier alpha value is -3.74. The van der Waals surface area contributed by atoms with E-state index in [1.165, 1.54) is 18.3 Å². The maximum absolute atomic E-state index is 12.7. The molecule has 0 saturated heterocycles. The smallest absolute Gasteiger partial charge is 0.331 e. The topological polar surface area (TPSA) is 85.6 Å². The summed E-state index contributed by atoms with van der Waals surface area (Å²) in [5.41, 5.74) is 2.38. The van der Waals surface area contributed by atoms with Gasteiger partial charge in [-0.2, -0.15) is 0 Å². The number of benzene rings is 2. The van der Waals surface area contributed by atoms with E-state index < -0.39 is 4.92 Å². The van der Waals surface area contributed by atoms with Crippen molar-refractivity contribution in [3.05, 3.63) is 93.7 Å². The molecule has 1 aliphatic rings. The predicted octanol–water partition coefficient (Wildman–Crippen LogP) is 3.98. The van der Waals surface area contributed by atoms with E-state index in [1.807, 2.05) is 30.3 Å². The van der Waals surface area contributed by atoms with Gasteiger partial charge in [-0.25, -0.2) is 4.98 Å². The maximum Gasteiger partial charge on any atom is 0.331 e. The molecule has 7 nitrogen and oxygen atoms in total. The van der Waals surface area contributed by atoms with E-state index in [-0.39, 0.29) is 17.5 Å². The SMILES string of the molecule is O=C(c1ccccc1)N1CCc2c(cccc2Oc2ncccc2[N+](=O)[O-])C1. The van der Waals surface area contributed by atoms with Gasteiger partial charge in [0.2, 0.25) is 0 Å². The van der Waals surface area contributed by atoms with Gasteiger partial charge in [0.05, 0.1) is 4.92 Å². The van der Waals surface area contributed by atoms with Gasteiger partial charge < -0.3 is 9.64 Å². The van der Waals surface area contributed by atoms with Crippen LogP contribution in [0.4, 0.5) is 5.69 Å². The Morgan fingerprint density at radius 3 is 2.68 bits per heavy atom. The highest BCUT2D eigenvalue weighted by atomic mass is 16.6. The molecule has 28 heavy (non-hydrogen) atoms. The summed E-state index contributed by atoms with van der Waals surface area (Å²) in [5.74, 6) is 0.479. The summed E-state index contributed by atoms with van der Waals surface area (Å²) < 4.78 is 5.79. The Morgan fingerprint density at radius 1 is 1.07 bits per heavy atom. The van der Waals surface area contributed by atoms with E-state index in [0.29, 0.717) is 30.8 Å². The molecule has 3 aromatic rings. The Labute approximate surface area is 161 Å². The normalized spacial score (nSPS) is 12.9. The van der Waals surface area contributed by atoms with Crippen LogP contribution >= 0.6 is 0 Å². The van der Waals surface area contributed by atoms with Gasteiger partial charge in [0, 0.05) is 36.5 Å². The number of fused-ring (bicyclic) bond motifs is 1.